The molecule has 0 fully saturated rings. The quantitative estimate of drug-likeness (QED) is 0.311. The van der Waals surface area contributed by atoms with Crippen molar-refractivity contribution in [1.82, 2.24) is 4.98 Å². The monoisotopic (exact) mass is 375 g/mol. The van der Waals surface area contributed by atoms with Gasteiger partial charge in [-0.3, -0.25) is 14.4 Å². The summed E-state index contributed by atoms with van der Waals surface area (Å²) in [5.41, 5.74) is 2.30. The molecule has 6 rings (SSSR count). The molecule has 0 unspecified atom stereocenters. The highest BCUT2D eigenvalue weighted by atomic mass is 16.1. The summed E-state index contributed by atoms with van der Waals surface area (Å²) in [6.07, 6.45) is 0. The third-order valence-corrected chi connectivity index (χ3v) is 5.75. The number of hydrogen-bond donors (Lipinski definition) is 1. The molecular formula is C25H13NO3. The summed E-state index contributed by atoms with van der Waals surface area (Å²) in [6.45, 7) is 0. The number of fused-ring (bicyclic) bond motifs is 7. The van der Waals surface area contributed by atoms with Gasteiger partial charge in [0, 0.05) is 22.1 Å². The third kappa shape index (κ3) is 2.00. The van der Waals surface area contributed by atoms with Crippen molar-refractivity contribution in [3.63, 3.8) is 0 Å². The summed E-state index contributed by atoms with van der Waals surface area (Å²) in [4.78, 5) is 42.9. The van der Waals surface area contributed by atoms with Gasteiger partial charge in [0.2, 0.25) is 0 Å². The molecule has 0 radical (unpaired) electrons. The van der Waals surface area contributed by atoms with Crippen LogP contribution in [0.25, 0.3) is 32.6 Å². The van der Waals surface area contributed by atoms with E-state index in [2.05, 4.69) is 4.98 Å². The van der Waals surface area contributed by atoms with Crippen molar-refractivity contribution in [2.24, 2.45) is 0 Å². The van der Waals surface area contributed by atoms with E-state index in [0.717, 1.165) is 10.8 Å². The van der Waals surface area contributed by atoms with E-state index < -0.39 is 0 Å². The molecule has 0 amide bonds. The number of nitrogens with one attached hydrogen (secondary N) is 1. The summed E-state index contributed by atoms with van der Waals surface area (Å²) >= 11 is 0. The number of aromatic nitrogens is 1. The van der Waals surface area contributed by atoms with Gasteiger partial charge in [-0.2, -0.15) is 0 Å². The molecule has 5 aromatic rings. The highest BCUT2D eigenvalue weighted by Gasteiger charge is 2.31. The van der Waals surface area contributed by atoms with Gasteiger partial charge in [0.25, 0.3) is 0 Å². The fourth-order valence-corrected chi connectivity index (χ4v) is 4.40. The molecule has 1 aliphatic rings. The molecule has 0 atom stereocenters. The number of carbonyl (C=O) groups is 2. The maximum absolute atomic E-state index is 13.4. The van der Waals surface area contributed by atoms with Crippen LogP contribution in [0.1, 0.15) is 31.8 Å². The Morgan fingerprint density at radius 2 is 1.31 bits per heavy atom. The molecule has 4 aromatic carbocycles. The van der Waals surface area contributed by atoms with Crippen molar-refractivity contribution in [3.05, 3.63) is 105 Å². The minimum Gasteiger partial charge on any atom is -0.354 e. The minimum absolute atomic E-state index is 0.146. The van der Waals surface area contributed by atoms with Gasteiger partial charge < -0.3 is 4.98 Å². The molecule has 0 bridgehead atoms. The van der Waals surface area contributed by atoms with Crippen LogP contribution in [0.4, 0.5) is 0 Å². The maximum atomic E-state index is 13.4. The van der Waals surface area contributed by atoms with Gasteiger partial charge in [0.15, 0.2) is 17.0 Å². The van der Waals surface area contributed by atoms with E-state index in [1.807, 2.05) is 36.4 Å². The van der Waals surface area contributed by atoms with Crippen LogP contribution in [0.3, 0.4) is 0 Å². The average Bonchev–Trinajstić information content (AvgIpc) is 2.76. The molecule has 136 valence electrons. The summed E-state index contributed by atoms with van der Waals surface area (Å²) in [7, 11) is 0. The van der Waals surface area contributed by atoms with Crippen LogP contribution in [0.15, 0.2) is 77.6 Å². The topological polar surface area (TPSA) is 67.0 Å². The van der Waals surface area contributed by atoms with Gasteiger partial charge in [-0.05, 0) is 29.0 Å². The number of pyridine rings is 1. The third-order valence-electron chi connectivity index (χ3n) is 5.75. The van der Waals surface area contributed by atoms with E-state index >= 15 is 0 Å². The molecule has 1 heterocycles. The SMILES string of the molecule is O=C1c2ccccc2C(=O)c2c1ccc1c(=O)c3c(ccc4ccccc43)[nH]c21. The van der Waals surface area contributed by atoms with Crippen LogP contribution < -0.4 is 5.43 Å². The zero-order valence-corrected chi connectivity index (χ0v) is 15.2. The first-order valence-electron chi connectivity index (χ1n) is 9.34. The molecule has 0 saturated heterocycles. The normalized spacial score (nSPS) is 13.1. The number of hydrogen-bond acceptors (Lipinski definition) is 3. The zero-order chi connectivity index (χ0) is 19.7. The molecule has 0 spiro atoms. The van der Waals surface area contributed by atoms with Crippen LogP contribution in [-0.2, 0) is 0 Å². The summed E-state index contributed by atoms with van der Waals surface area (Å²) in [5, 5.41) is 2.83. The lowest BCUT2D eigenvalue weighted by Crippen LogP contribution is -2.22. The molecule has 0 aliphatic heterocycles. The molecule has 0 saturated carbocycles. The number of benzene rings is 4. The number of rotatable bonds is 0. The van der Waals surface area contributed by atoms with Gasteiger partial charge in [-0.1, -0.05) is 54.6 Å². The Kier molecular flexibility index (Phi) is 3.02. The van der Waals surface area contributed by atoms with Gasteiger partial charge in [0.05, 0.1) is 22.0 Å². The largest absolute Gasteiger partial charge is 0.354 e. The first-order chi connectivity index (χ1) is 14.1. The second kappa shape index (κ2) is 5.49. The number of carbonyl (C=O) groups excluding carboxylic acids is 2. The predicted molar refractivity (Wildman–Crippen MR) is 113 cm³/mol. The molecule has 4 heteroatoms. The lowest BCUT2D eigenvalue weighted by molar-refractivity contribution is 0.0980. The Labute approximate surface area is 164 Å². The number of ketones is 2. The van der Waals surface area contributed by atoms with Gasteiger partial charge in [-0.15, -0.1) is 0 Å². The van der Waals surface area contributed by atoms with Gasteiger partial charge in [0.1, 0.15) is 0 Å². The second-order valence-corrected chi connectivity index (χ2v) is 7.28. The van der Waals surface area contributed by atoms with E-state index in [0.29, 0.717) is 38.5 Å². The van der Waals surface area contributed by atoms with Crippen molar-refractivity contribution in [3.8, 4) is 0 Å². The van der Waals surface area contributed by atoms with E-state index in [1.54, 1.807) is 36.4 Å². The molecule has 1 aromatic heterocycles. The summed E-state index contributed by atoms with van der Waals surface area (Å²) in [6, 6.07) is 21.6. The van der Waals surface area contributed by atoms with Crippen molar-refractivity contribution >= 4 is 44.1 Å². The van der Waals surface area contributed by atoms with E-state index in [1.165, 1.54) is 0 Å². The second-order valence-electron chi connectivity index (χ2n) is 7.28. The fourth-order valence-electron chi connectivity index (χ4n) is 4.40. The minimum atomic E-state index is -0.239. The van der Waals surface area contributed by atoms with Crippen LogP contribution in [-0.4, -0.2) is 16.6 Å². The standard InChI is InChI=1S/C25H13NO3/c27-23-15-7-3-4-8-16(15)24(28)21-17(23)10-11-18-22(21)26-19-12-9-13-5-1-2-6-14(13)20(19)25(18)29/h1-12H,(H,26,29). The fraction of sp³-hybridized carbons (Fsp3) is 0. The van der Waals surface area contributed by atoms with E-state index in [-0.39, 0.29) is 22.6 Å². The van der Waals surface area contributed by atoms with Crippen LogP contribution in [0, 0.1) is 0 Å². The van der Waals surface area contributed by atoms with Crippen molar-refractivity contribution in [2.45, 2.75) is 0 Å². The highest BCUT2D eigenvalue weighted by Crippen LogP contribution is 2.32. The molecular weight excluding hydrogens is 362 g/mol. The van der Waals surface area contributed by atoms with Gasteiger partial charge in [-0.25, -0.2) is 0 Å². The van der Waals surface area contributed by atoms with Crippen molar-refractivity contribution in [1.29, 1.82) is 0 Å². The van der Waals surface area contributed by atoms with E-state index in [9.17, 15) is 14.4 Å². The molecule has 1 N–H and O–H groups in total. The predicted octanol–water partition coefficient (Wildman–Crippen LogP) is 4.61. The Morgan fingerprint density at radius 1 is 0.586 bits per heavy atom. The van der Waals surface area contributed by atoms with Crippen molar-refractivity contribution in [2.75, 3.05) is 0 Å². The Balaban J connectivity index is 1.79. The molecule has 29 heavy (non-hydrogen) atoms. The Hall–Kier alpha value is -4.05. The average molecular weight is 375 g/mol. The van der Waals surface area contributed by atoms with E-state index in [4.69, 9.17) is 0 Å². The van der Waals surface area contributed by atoms with Crippen molar-refractivity contribution < 1.29 is 9.59 Å². The molecule has 1 aliphatic carbocycles. The number of aromatic amines is 1. The summed E-state index contributed by atoms with van der Waals surface area (Å²) < 4.78 is 0. The van der Waals surface area contributed by atoms with Crippen LogP contribution >= 0.6 is 0 Å². The first-order valence-corrected chi connectivity index (χ1v) is 9.34. The Morgan fingerprint density at radius 3 is 2.14 bits per heavy atom. The van der Waals surface area contributed by atoms with Crippen LogP contribution in [0.5, 0.6) is 0 Å². The molecule has 4 nitrogen and oxygen atoms in total. The number of H-pyrrole nitrogens is 1. The highest BCUT2D eigenvalue weighted by molar-refractivity contribution is 6.32. The maximum Gasteiger partial charge on any atom is 0.197 e. The smallest absolute Gasteiger partial charge is 0.197 e. The lowest BCUT2D eigenvalue weighted by atomic mass is 9.82. The Bertz CT molecular complexity index is 1610. The van der Waals surface area contributed by atoms with Gasteiger partial charge >= 0.3 is 0 Å². The first kappa shape index (κ1) is 16.0. The lowest BCUT2D eigenvalue weighted by Gasteiger charge is -2.19. The zero-order valence-electron chi connectivity index (χ0n) is 15.2. The van der Waals surface area contributed by atoms with Crippen LogP contribution in [0.2, 0.25) is 0 Å². The summed E-state index contributed by atoms with van der Waals surface area (Å²) in [5.74, 6) is -0.437.